The molecule has 7 heteroatoms. The van der Waals surface area contributed by atoms with Gasteiger partial charge in [-0.3, -0.25) is 4.79 Å². The number of likely N-dealkylation sites (tertiary alicyclic amines) is 1. The highest BCUT2D eigenvalue weighted by Gasteiger charge is 2.40. The second kappa shape index (κ2) is 8.44. The van der Waals surface area contributed by atoms with Crippen molar-refractivity contribution in [3.63, 3.8) is 0 Å². The zero-order valence-electron chi connectivity index (χ0n) is 17.6. The summed E-state index contributed by atoms with van der Waals surface area (Å²) in [6, 6.07) is 9.89. The fraction of sp³-hybridized carbons (Fsp3) is 0.348. The van der Waals surface area contributed by atoms with Gasteiger partial charge in [-0.15, -0.1) is 11.3 Å². The highest BCUT2D eigenvalue weighted by atomic mass is 32.1. The Balaban J connectivity index is 1.69. The van der Waals surface area contributed by atoms with Gasteiger partial charge in [0.25, 0.3) is 0 Å². The number of nitrogens with zero attached hydrogens (tertiary/aromatic N) is 3. The Kier molecular flexibility index (Phi) is 5.72. The number of carbonyl (C=O) groups excluding carboxylic acids is 1. The molecule has 6 nitrogen and oxygen atoms in total. The van der Waals surface area contributed by atoms with Gasteiger partial charge in [-0.05, 0) is 31.0 Å². The van der Waals surface area contributed by atoms with Crippen LogP contribution in [0.25, 0.3) is 11.3 Å². The van der Waals surface area contributed by atoms with E-state index in [1.54, 1.807) is 31.8 Å². The number of pyridine rings is 1. The SMILES string of the molecule is COc1ccnc(OC)c1C1CC(C)C(=O)N1Cc1cccc(-c2csc(C)n2)c1. The summed E-state index contributed by atoms with van der Waals surface area (Å²) in [7, 11) is 3.22. The number of thiazole rings is 1. The van der Waals surface area contributed by atoms with Crippen molar-refractivity contribution in [3.8, 4) is 22.9 Å². The second-order valence-electron chi connectivity index (χ2n) is 7.51. The third kappa shape index (κ3) is 3.77. The van der Waals surface area contributed by atoms with E-state index in [9.17, 15) is 4.79 Å². The van der Waals surface area contributed by atoms with Gasteiger partial charge in [-0.25, -0.2) is 9.97 Å². The monoisotopic (exact) mass is 423 g/mol. The van der Waals surface area contributed by atoms with Crippen LogP contribution in [-0.2, 0) is 11.3 Å². The Hall–Kier alpha value is -2.93. The Morgan fingerprint density at radius 1 is 1.23 bits per heavy atom. The van der Waals surface area contributed by atoms with Crippen molar-refractivity contribution in [1.82, 2.24) is 14.9 Å². The van der Waals surface area contributed by atoms with E-state index in [-0.39, 0.29) is 17.9 Å². The van der Waals surface area contributed by atoms with Crippen LogP contribution in [0.5, 0.6) is 11.6 Å². The minimum Gasteiger partial charge on any atom is -0.496 e. The quantitative estimate of drug-likeness (QED) is 0.578. The molecule has 0 N–H and O–H groups in total. The van der Waals surface area contributed by atoms with E-state index in [4.69, 9.17) is 9.47 Å². The van der Waals surface area contributed by atoms with Gasteiger partial charge in [0.05, 0.1) is 36.5 Å². The number of ether oxygens (including phenoxy) is 2. The van der Waals surface area contributed by atoms with Crippen molar-refractivity contribution in [2.75, 3.05) is 14.2 Å². The van der Waals surface area contributed by atoms with Crippen molar-refractivity contribution < 1.29 is 14.3 Å². The normalized spacial score (nSPS) is 18.7. The van der Waals surface area contributed by atoms with Crippen LogP contribution < -0.4 is 9.47 Å². The molecule has 0 saturated carbocycles. The number of rotatable bonds is 6. The second-order valence-corrected chi connectivity index (χ2v) is 8.57. The predicted octanol–water partition coefficient (Wildman–Crippen LogP) is 4.64. The molecule has 2 aromatic heterocycles. The minimum atomic E-state index is -0.156. The fourth-order valence-electron chi connectivity index (χ4n) is 4.07. The first-order chi connectivity index (χ1) is 14.5. The molecule has 3 heterocycles. The summed E-state index contributed by atoms with van der Waals surface area (Å²) in [6.45, 7) is 4.48. The highest BCUT2D eigenvalue weighted by Crippen LogP contribution is 2.44. The lowest BCUT2D eigenvalue weighted by Crippen LogP contribution is -2.29. The molecular weight excluding hydrogens is 398 g/mol. The summed E-state index contributed by atoms with van der Waals surface area (Å²) in [4.78, 5) is 23.9. The molecule has 0 radical (unpaired) electrons. The van der Waals surface area contributed by atoms with E-state index in [1.807, 2.05) is 36.9 Å². The Morgan fingerprint density at radius 3 is 2.77 bits per heavy atom. The van der Waals surface area contributed by atoms with E-state index >= 15 is 0 Å². The number of amides is 1. The van der Waals surface area contributed by atoms with Crippen LogP contribution >= 0.6 is 11.3 Å². The van der Waals surface area contributed by atoms with Gasteiger partial charge in [-0.2, -0.15) is 0 Å². The number of benzene rings is 1. The topological polar surface area (TPSA) is 64.6 Å². The maximum atomic E-state index is 13.1. The molecule has 1 fully saturated rings. The van der Waals surface area contributed by atoms with Crippen LogP contribution in [0.3, 0.4) is 0 Å². The van der Waals surface area contributed by atoms with E-state index in [1.165, 1.54) is 0 Å². The first-order valence-electron chi connectivity index (χ1n) is 9.90. The molecule has 1 aromatic carbocycles. The summed E-state index contributed by atoms with van der Waals surface area (Å²) in [5.74, 6) is 1.24. The van der Waals surface area contributed by atoms with Crippen LogP contribution in [0, 0.1) is 12.8 Å². The first-order valence-corrected chi connectivity index (χ1v) is 10.8. The van der Waals surface area contributed by atoms with Crippen molar-refractivity contribution in [1.29, 1.82) is 0 Å². The van der Waals surface area contributed by atoms with Gasteiger partial charge in [0.2, 0.25) is 11.8 Å². The summed E-state index contributed by atoms with van der Waals surface area (Å²) >= 11 is 1.63. The lowest BCUT2D eigenvalue weighted by molar-refractivity contribution is -0.132. The molecule has 1 amide bonds. The number of methoxy groups -OCH3 is 2. The van der Waals surface area contributed by atoms with Crippen molar-refractivity contribution in [2.24, 2.45) is 5.92 Å². The van der Waals surface area contributed by atoms with Gasteiger partial charge in [-0.1, -0.05) is 25.1 Å². The number of hydrogen-bond donors (Lipinski definition) is 0. The summed E-state index contributed by atoms with van der Waals surface area (Å²) < 4.78 is 11.1. The first kappa shape index (κ1) is 20.3. The van der Waals surface area contributed by atoms with Gasteiger partial charge in [0.15, 0.2) is 0 Å². The predicted molar refractivity (Wildman–Crippen MR) is 117 cm³/mol. The third-order valence-electron chi connectivity index (χ3n) is 5.51. The fourth-order valence-corrected chi connectivity index (χ4v) is 4.69. The lowest BCUT2D eigenvalue weighted by atomic mass is 10.0. The molecule has 156 valence electrons. The van der Waals surface area contributed by atoms with Crippen molar-refractivity contribution >= 4 is 17.2 Å². The molecule has 2 atom stereocenters. The molecule has 0 spiro atoms. The van der Waals surface area contributed by atoms with Crippen LogP contribution in [0.2, 0.25) is 0 Å². The molecule has 3 aromatic rings. The summed E-state index contributed by atoms with van der Waals surface area (Å²) in [6.07, 6.45) is 2.35. The van der Waals surface area contributed by atoms with Crippen LogP contribution in [0.15, 0.2) is 41.9 Å². The maximum Gasteiger partial charge on any atom is 0.226 e. The van der Waals surface area contributed by atoms with E-state index in [0.29, 0.717) is 24.6 Å². The van der Waals surface area contributed by atoms with Gasteiger partial charge >= 0.3 is 0 Å². The number of aromatic nitrogens is 2. The standard InChI is InChI=1S/C23H25N3O3S/c1-14-10-19(21-20(28-3)8-9-24-22(21)29-4)26(23(14)27)12-16-6-5-7-17(11-16)18-13-30-15(2)25-18/h5-9,11,13-14,19H,10,12H2,1-4H3. The van der Waals surface area contributed by atoms with Gasteiger partial charge in [0.1, 0.15) is 5.75 Å². The summed E-state index contributed by atoms with van der Waals surface area (Å²) in [5.41, 5.74) is 3.91. The van der Waals surface area contributed by atoms with Gasteiger partial charge < -0.3 is 14.4 Å². The van der Waals surface area contributed by atoms with Crippen molar-refractivity contribution in [2.45, 2.75) is 32.9 Å². The third-order valence-corrected chi connectivity index (χ3v) is 6.29. The van der Waals surface area contributed by atoms with Crippen LogP contribution in [0.1, 0.15) is 35.5 Å². The Morgan fingerprint density at radius 2 is 2.07 bits per heavy atom. The van der Waals surface area contributed by atoms with Crippen molar-refractivity contribution in [3.05, 3.63) is 58.0 Å². The molecule has 30 heavy (non-hydrogen) atoms. The van der Waals surface area contributed by atoms with E-state index in [2.05, 4.69) is 27.5 Å². The zero-order valence-corrected chi connectivity index (χ0v) is 18.4. The van der Waals surface area contributed by atoms with Crippen LogP contribution in [-0.4, -0.2) is 35.0 Å². The summed E-state index contributed by atoms with van der Waals surface area (Å²) in [5, 5.41) is 3.10. The number of carbonyl (C=O) groups is 1. The average molecular weight is 424 g/mol. The zero-order chi connectivity index (χ0) is 21.3. The minimum absolute atomic E-state index is 0.0750. The number of aryl methyl sites for hydroxylation is 1. The molecule has 4 rings (SSSR count). The molecule has 0 aliphatic carbocycles. The molecule has 1 aliphatic heterocycles. The molecule has 2 unspecified atom stereocenters. The molecular formula is C23H25N3O3S. The molecule has 0 bridgehead atoms. The highest BCUT2D eigenvalue weighted by molar-refractivity contribution is 7.09. The smallest absolute Gasteiger partial charge is 0.226 e. The average Bonchev–Trinajstić information content (AvgIpc) is 3.32. The maximum absolute atomic E-state index is 13.1. The molecule has 1 aliphatic rings. The van der Waals surface area contributed by atoms with E-state index < -0.39 is 0 Å². The largest absolute Gasteiger partial charge is 0.496 e. The molecule has 1 saturated heterocycles. The Labute approximate surface area is 180 Å². The number of hydrogen-bond acceptors (Lipinski definition) is 6. The van der Waals surface area contributed by atoms with Crippen LogP contribution in [0.4, 0.5) is 0 Å². The van der Waals surface area contributed by atoms with Gasteiger partial charge in [0, 0.05) is 29.6 Å². The Bertz CT molecular complexity index is 1040. The lowest BCUT2D eigenvalue weighted by Gasteiger charge is -2.27. The van der Waals surface area contributed by atoms with E-state index in [0.717, 1.165) is 27.4 Å².